The lowest BCUT2D eigenvalue weighted by Crippen LogP contribution is -2.43. The largest absolute Gasteiger partial charge is 0.467 e. The van der Waals surface area contributed by atoms with Crippen LogP contribution in [0, 0.1) is 0 Å². The Morgan fingerprint density at radius 3 is 2.16 bits per heavy atom. The van der Waals surface area contributed by atoms with Crippen LogP contribution in [0.25, 0.3) is 11.1 Å². The molecular weight excluding hydrogens is 338 g/mol. The number of benzene rings is 2. The number of ether oxygens (including phenoxy) is 2. The Balaban J connectivity index is 1.71. The van der Waals surface area contributed by atoms with Crippen LogP contribution >= 0.6 is 12.6 Å². The van der Waals surface area contributed by atoms with Gasteiger partial charge in [0.25, 0.3) is 0 Å². The zero-order chi connectivity index (χ0) is 17.8. The fourth-order valence-electron chi connectivity index (χ4n) is 3.10. The second-order valence-electron chi connectivity index (χ2n) is 5.73. The van der Waals surface area contributed by atoms with E-state index in [1.165, 1.54) is 7.11 Å². The number of methoxy groups -OCH3 is 1. The van der Waals surface area contributed by atoms with Crippen LogP contribution in [-0.4, -0.2) is 37.6 Å². The lowest BCUT2D eigenvalue weighted by Gasteiger charge is -2.17. The Hall–Kier alpha value is -2.47. The zero-order valence-corrected chi connectivity index (χ0v) is 14.7. The average molecular weight is 357 g/mol. The van der Waals surface area contributed by atoms with Crippen molar-refractivity contribution in [2.24, 2.45) is 0 Å². The van der Waals surface area contributed by atoms with Crippen LogP contribution in [0.1, 0.15) is 17.0 Å². The van der Waals surface area contributed by atoms with E-state index >= 15 is 0 Å². The highest BCUT2D eigenvalue weighted by molar-refractivity contribution is 7.80. The van der Waals surface area contributed by atoms with E-state index in [-0.39, 0.29) is 18.3 Å². The Bertz CT molecular complexity index is 747. The van der Waals surface area contributed by atoms with E-state index in [2.05, 4.69) is 34.8 Å². The third kappa shape index (κ3) is 3.49. The Morgan fingerprint density at radius 1 is 1.08 bits per heavy atom. The van der Waals surface area contributed by atoms with Crippen LogP contribution in [0.3, 0.4) is 0 Å². The van der Waals surface area contributed by atoms with Gasteiger partial charge < -0.3 is 14.8 Å². The van der Waals surface area contributed by atoms with Crippen LogP contribution in [0.5, 0.6) is 0 Å². The summed E-state index contributed by atoms with van der Waals surface area (Å²) in [6.07, 6.45) is -0.661. The third-order valence-corrected chi connectivity index (χ3v) is 4.67. The molecule has 1 atom stereocenters. The molecule has 0 heterocycles. The van der Waals surface area contributed by atoms with Gasteiger partial charge in [0.15, 0.2) is 0 Å². The van der Waals surface area contributed by atoms with Crippen molar-refractivity contribution < 1.29 is 19.1 Å². The fraction of sp³-hybridized carbons (Fsp3) is 0.263. The number of fused-ring (bicyclic) bond motifs is 3. The monoisotopic (exact) mass is 357 g/mol. The van der Waals surface area contributed by atoms with Crippen LogP contribution in [0.2, 0.25) is 0 Å². The highest BCUT2D eigenvalue weighted by Gasteiger charge is 2.29. The SMILES string of the molecule is COC(=O)[C@@H](CS)NC(=O)OCC1c2ccccc2-c2ccccc21. The number of hydrogen-bond donors (Lipinski definition) is 2. The normalized spacial score (nSPS) is 13.5. The maximum atomic E-state index is 12.0. The van der Waals surface area contributed by atoms with Gasteiger partial charge in [0.05, 0.1) is 7.11 Å². The molecule has 0 saturated carbocycles. The smallest absolute Gasteiger partial charge is 0.407 e. The molecule has 1 amide bonds. The molecule has 1 N–H and O–H groups in total. The first kappa shape index (κ1) is 17.4. The van der Waals surface area contributed by atoms with Crippen molar-refractivity contribution in [2.45, 2.75) is 12.0 Å². The van der Waals surface area contributed by atoms with Crippen molar-refractivity contribution in [3.8, 4) is 11.1 Å². The van der Waals surface area contributed by atoms with Gasteiger partial charge in [-0.2, -0.15) is 12.6 Å². The summed E-state index contributed by atoms with van der Waals surface area (Å²) in [5, 5.41) is 2.48. The van der Waals surface area contributed by atoms with Gasteiger partial charge in [-0.25, -0.2) is 9.59 Å². The molecule has 0 fully saturated rings. The average Bonchev–Trinajstić information content (AvgIpc) is 2.98. The number of amides is 1. The lowest BCUT2D eigenvalue weighted by molar-refractivity contribution is -0.142. The van der Waals surface area contributed by atoms with E-state index in [9.17, 15) is 9.59 Å². The lowest BCUT2D eigenvalue weighted by atomic mass is 9.98. The predicted octanol–water partition coefficient (Wildman–Crippen LogP) is 3.00. The van der Waals surface area contributed by atoms with E-state index in [1.807, 2.05) is 36.4 Å². The molecule has 1 aliphatic rings. The molecule has 130 valence electrons. The maximum absolute atomic E-state index is 12.0. The standard InChI is InChI=1S/C19H19NO4S/c1-23-18(21)17(11-25)20-19(22)24-10-16-14-8-4-2-6-12(14)13-7-3-5-9-15(13)16/h2-9,16-17,25H,10-11H2,1H3,(H,20,22)/t17-/m1/s1. The molecular formula is C19H19NO4S. The first-order valence-electron chi connectivity index (χ1n) is 7.96. The Kier molecular flexibility index (Phi) is 5.28. The molecule has 3 rings (SSSR count). The van der Waals surface area contributed by atoms with Crippen molar-refractivity contribution in [3.63, 3.8) is 0 Å². The van der Waals surface area contributed by atoms with Crippen LogP contribution < -0.4 is 5.32 Å². The maximum Gasteiger partial charge on any atom is 0.407 e. The molecule has 0 radical (unpaired) electrons. The number of rotatable bonds is 5. The molecule has 0 bridgehead atoms. The fourth-order valence-corrected chi connectivity index (χ4v) is 3.34. The zero-order valence-electron chi connectivity index (χ0n) is 13.8. The van der Waals surface area contributed by atoms with E-state index < -0.39 is 18.1 Å². The van der Waals surface area contributed by atoms with Gasteiger partial charge in [0.1, 0.15) is 12.6 Å². The van der Waals surface area contributed by atoms with Gasteiger partial charge >= 0.3 is 12.1 Å². The van der Waals surface area contributed by atoms with Crippen LogP contribution in [0.4, 0.5) is 4.79 Å². The summed E-state index contributed by atoms with van der Waals surface area (Å²) < 4.78 is 9.99. The second kappa shape index (κ2) is 7.61. The summed E-state index contributed by atoms with van der Waals surface area (Å²) in [6, 6.07) is 15.4. The summed E-state index contributed by atoms with van der Waals surface area (Å²) in [5.41, 5.74) is 4.59. The van der Waals surface area contributed by atoms with Crippen molar-refractivity contribution in [3.05, 3.63) is 59.7 Å². The molecule has 2 aromatic carbocycles. The quantitative estimate of drug-likeness (QED) is 0.638. The van der Waals surface area contributed by atoms with Crippen molar-refractivity contribution in [1.82, 2.24) is 5.32 Å². The number of carbonyl (C=O) groups excluding carboxylic acids is 2. The number of esters is 1. The molecule has 0 aliphatic heterocycles. The van der Waals surface area contributed by atoms with Gasteiger partial charge in [0.2, 0.25) is 0 Å². The first-order chi connectivity index (χ1) is 12.2. The van der Waals surface area contributed by atoms with E-state index in [1.54, 1.807) is 0 Å². The van der Waals surface area contributed by atoms with Gasteiger partial charge in [-0.3, -0.25) is 0 Å². The topological polar surface area (TPSA) is 64.6 Å². The van der Waals surface area contributed by atoms with Crippen LogP contribution in [0.15, 0.2) is 48.5 Å². The summed E-state index contributed by atoms with van der Waals surface area (Å²) in [4.78, 5) is 23.6. The van der Waals surface area contributed by atoms with Crippen molar-refractivity contribution >= 4 is 24.7 Å². The van der Waals surface area contributed by atoms with E-state index in [0.29, 0.717) is 0 Å². The summed E-state index contributed by atoms with van der Waals surface area (Å²) in [6.45, 7) is 0.195. The highest BCUT2D eigenvalue weighted by atomic mass is 32.1. The molecule has 0 saturated heterocycles. The Labute approximate surface area is 151 Å². The van der Waals surface area contributed by atoms with Crippen LogP contribution in [-0.2, 0) is 14.3 Å². The first-order valence-corrected chi connectivity index (χ1v) is 8.59. The molecule has 0 aromatic heterocycles. The van der Waals surface area contributed by atoms with E-state index in [4.69, 9.17) is 4.74 Å². The Morgan fingerprint density at radius 2 is 1.64 bits per heavy atom. The molecule has 0 spiro atoms. The predicted molar refractivity (Wildman–Crippen MR) is 97.9 cm³/mol. The molecule has 1 aliphatic carbocycles. The van der Waals surface area contributed by atoms with Crippen molar-refractivity contribution in [2.75, 3.05) is 19.5 Å². The third-order valence-electron chi connectivity index (χ3n) is 4.30. The highest BCUT2D eigenvalue weighted by Crippen LogP contribution is 2.44. The molecule has 25 heavy (non-hydrogen) atoms. The summed E-state index contributed by atoms with van der Waals surface area (Å²) in [5.74, 6) is -0.439. The number of nitrogens with one attached hydrogen (secondary N) is 1. The minimum atomic E-state index is -0.830. The number of thiol groups is 1. The number of carbonyl (C=O) groups is 2. The second-order valence-corrected chi connectivity index (χ2v) is 6.09. The van der Waals surface area contributed by atoms with Gasteiger partial charge in [0, 0.05) is 11.7 Å². The minimum Gasteiger partial charge on any atom is -0.467 e. The van der Waals surface area contributed by atoms with Gasteiger partial charge in [-0.15, -0.1) is 0 Å². The van der Waals surface area contributed by atoms with Gasteiger partial charge in [-0.1, -0.05) is 48.5 Å². The number of hydrogen-bond acceptors (Lipinski definition) is 5. The number of alkyl carbamates (subject to hydrolysis) is 1. The summed E-state index contributed by atoms with van der Waals surface area (Å²) >= 11 is 4.04. The molecule has 5 nitrogen and oxygen atoms in total. The molecule has 6 heteroatoms. The minimum absolute atomic E-state index is 0.0225. The summed E-state index contributed by atoms with van der Waals surface area (Å²) in [7, 11) is 1.26. The molecule has 2 aromatic rings. The van der Waals surface area contributed by atoms with E-state index in [0.717, 1.165) is 22.3 Å². The van der Waals surface area contributed by atoms with Crippen molar-refractivity contribution in [1.29, 1.82) is 0 Å². The van der Waals surface area contributed by atoms with Gasteiger partial charge in [-0.05, 0) is 22.3 Å². The molecule has 0 unspecified atom stereocenters.